The van der Waals surface area contributed by atoms with Crippen molar-refractivity contribution < 1.29 is 83.1 Å². The van der Waals surface area contributed by atoms with E-state index in [9.17, 15) is 14.4 Å². The summed E-state index contributed by atoms with van der Waals surface area (Å²) in [6.07, 6.45) is 11.7. The molecule has 0 amide bonds. The molecule has 124 valence electrons. The van der Waals surface area contributed by atoms with Crippen LogP contribution in [0.5, 0.6) is 0 Å². The normalized spacial score (nSPS) is 10.0. The molecule has 0 aliphatic heterocycles. The zero-order valence-electron chi connectivity index (χ0n) is 15.0. The van der Waals surface area contributed by atoms with Crippen molar-refractivity contribution in [3.63, 3.8) is 0 Å². The molecule has 0 saturated heterocycles. The van der Waals surface area contributed by atoms with Crippen LogP contribution in [-0.4, -0.2) is 18.3 Å². The predicted octanol–water partition coefficient (Wildman–Crippen LogP) is -3.24. The van der Waals surface area contributed by atoms with E-state index in [4.69, 9.17) is 5.11 Å². The molecule has 0 heterocycles. The Labute approximate surface area is 180 Å². The number of unbranched alkanes of at least 4 members (excludes halogenated alkanes) is 9. The Morgan fingerprint density at radius 2 is 1.14 bits per heavy atom. The number of phosphoric ester groups is 1. The van der Waals surface area contributed by atoms with Crippen LogP contribution in [0.2, 0.25) is 0 Å². The van der Waals surface area contributed by atoms with Crippen LogP contribution in [0.3, 0.4) is 0 Å². The van der Waals surface area contributed by atoms with Crippen molar-refractivity contribution in [3.8, 4) is 0 Å². The molecule has 0 spiro atoms. The van der Waals surface area contributed by atoms with Gasteiger partial charge in [0, 0.05) is 6.61 Å². The molecule has 0 aromatic carbocycles. The van der Waals surface area contributed by atoms with Crippen molar-refractivity contribution in [3.05, 3.63) is 0 Å². The second-order valence-corrected chi connectivity index (χ2v) is 5.93. The standard InChI is InChI=1S/C12H27O4P.C2H6O.2Na/c1-2-3-4-5-6-7-8-9-10-11-12-16-17(13,14)15;1-2-3;;/h2-12H2,1H3,(H2,13,14,15);3H,2H2,1H3;;/q;;2*+1/p-2. The number of phosphoric acid groups is 1. The molecule has 8 heteroatoms. The summed E-state index contributed by atoms with van der Waals surface area (Å²) in [5.74, 6) is 0. The van der Waals surface area contributed by atoms with Gasteiger partial charge in [-0.2, -0.15) is 0 Å². The molecule has 0 fully saturated rings. The molecule has 0 saturated carbocycles. The Balaban J connectivity index is -0.000000297. The Kier molecular flexibility index (Phi) is 36.6. The van der Waals surface area contributed by atoms with Crippen LogP contribution in [0.25, 0.3) is 0 Å². The van der Waals surface area contributed by atoms with Gasteiger partial charge in [-0.15, -0.1) is 0 Å². The predicted molar refractivity (Wildman–Crippen MR) is 78.2 cm³/mol. The third kappa shape index (κ3) is 37.9. The second kappa shape index (κ2) is 25.3. The van der Waals surface area contributed by atoms with Gasteiger partial charge in [0.15, 0.2) is 0 Å². The number of aliphatic hydroxyl groups excluding tert-OH is 1. The van der Waals surface area contributed by atoms with Crippen LogP contribution in [0.15, 0.2) is 0 Å². The molecule has 0 aliphatic rings. The van der Waals surface area contributed by atoms with E-state index in [1.807, 2.05) is 0 Å². The summed E-state index contributed by atoms with van der Waals surface area (Å²) in [5, 5.41) is 7.57. The fourth-order valence-corrected chi connectivity index (χ4v) is 2.12. The van der Waals surface area contributed by atoms with E-state index in [-0.39, 0.29) is 72.3 Å². The fraction of sp³-hybridized carbons (Fsp3) is 1.00. The minimum absolute atomic E-state index is 0. The van der Waals surface area contributed by atoms with Crippen LogP contribution >= 0.6 is 7.82 Å². The average Bonchev–Trinajstić information content (AvgIpc) is 2.35. The summed E-state index contributed by atoms with van der Waals surface area (Å²) in [6.45, 7) is 4.19. The Bertz CT molecular complexity index is 227. The van der Waals surface area contributed by atoms with Crippen molar-refractivity contribution in [2.45, 2.75) is 78.1 Å². The maximum Gasteiger partial charge on any atom is 1.00 e. The Morgan fingerprint density at radius 1 is 0.818 bits per heavy atom. The van der Waals surface area contributed by atoms with E-state index in [0.717, 1.165) is 12.8 Å². The average molecular weight is 356 g/mol. The van der Waals surface area contributed by atoms with E-state index < -0.39 is 7.82 Å². The topological polar surface area (TPSA) is 92.7 Å². The van der Waals surface area contributed by atoms with E-state index >= 15 is 0 Å². The van der Waals surface area contributed by atoms with Gasteiger partial charge < -0.3 is 24.0 Å². The van der Waals surface area contributed by atoms with Crippen molar-refractivity contribution in [2.24, 2.45) is 0 Å². The third-order valence-electron chi connectivity index (χ3n) is 2.75. The molecular formula is C14H31Na2O5P. The van der Waals surface area contributed by atoms with E-state index in [2.05, 4.69) is 11.4 Å². The van der Waals surface area contributed by atoms with E-state index in [1.165, 1.54) is 44.9 Å². The summed E-state index contributed by atoms with van der Waals surface area (Å²) >= 11 is 0. The van der Waals surface area contributed by atoms with E-state index in [1.54, 1.807) is 6.92 Å². The van der Waals surface area contributed by atoms with Crippen molar-refractivity contribution in [1.82, 2.24) is 0 Å². The summed E-state index contributed by atoms with van der Waals surface area (Å²) in [4.78, 5) is 20.3. The number of rotatable bonds is 12. The maximum absolute atomic E-state index is 10.1. The van der Waals surface area contributed by atoms with Gasteiger partial charge in [0.05, 0.1) is 14.4 Å². The molecule has 0 aromatic rings. The molecule has 0 bridgehead atoms. The first kappa shape index (κ1) is 31.8. The van der Waals surface area contributed by atoms with Gasteiger partial charge in [0.2, 0.25) is 0 Å². The monoisotopic (exact) mass is 356 g/mol. The van der Waals surface area contributed by atoms with Gasteiger partial charge in [0.25, 0.3) is 0 Å². The molecule has 0 aromatic heterocycles. The number of hydrogen-bond acceptors (Lipinski definition) is 5. The van der Waals surface area contributed by atoms with Crippen LogP contribution in [0.1, 0.15) is 78.1 Å². The molecule has 5 nitrogen and oxygen atoms in total. The minimum atomic E-state index is -4.74. The summed E-state index contributed by atoms with van der Waals surface area (Å²) in [7, 11) is -4.74. The quantitative estimate of drug-likeness (QED) is 0.225. The van der Waals surface area contributed by atoms with Gasteiger partial charge in [-0.05, 0) is 13.3 Å². The smallest absolute Gasteiger partial charge is 0.790 e. The molecule has 0 aliphatic carbocycles. The largest absolute Gasteiger partial charge is 1.00 e. The first-order chi connectivity index (χ1) is 9.47. The van der Waals surface area contributed by atoms with Gasteiger partial charge in [0.1, 0.15) is 0 Å². The molecule has 0 rings (SSSR count). The maximum atomic E-state index is 10.1. The molecule has 0 radical (unpaired) electrons. The second-order valence-electron chi connectivity index (χ2n) is 4.78. The van der Waals surface area contributed by atoms with Gasteiger partial charge in [-0.25, -0.2) is 0 Å². The number of hydrogen-bond donors (Lipinski definition) is 1. The van der Waals surface area contributed by atoms with Crippen molar-refractivity contribution in [2.75, 3.05) is 13.2 Å². The Morgan fingerprint density at radius 3 is 1.45 bits per heavy atom. The van der Waals surface area contributed by atoms with Gasteiger partial charge in [-0.1, -0.05) is 64.7 Å². The first-order valence-corrected chi connectivity index (χ1v) is 9.21. The fourth-order valence-electron chi connectivity index (χ4n) is 1.77. The Hall–Kier alpha value is 2.07. The van der Waals surface area contributed by atoms with Gasteiger partial charge >= 0.3 is 59.1 Å². The third-order valence-corrected chi connectivity index (χ3v) is 3.25. The van der Waals surface area contributed by atoms with Crippen LogP contribution in [0, 0.1) is 0 Å². The van der Waals surface area contributed by atoms with Crippen LogP contribution < -0.4 is 68.9 Å². The van der Waals surface area contributed by atoms with Crippen LogP contribution in [0.4, 0.5) is 0 Å². The minimum Gasteiger partial charge on any atom is -0.790 e. The van der Waals surface area contributed by atoms with Gasteiger partial charge in [-0.3, -0.25) is 0 Å². The van der Waals surface area contributed by atoms with Crippen LogP contribution in [-0.2, 0) is 9.09 Å². The zero-order valence-corrected chi connectivity index (χ0v) is 19.9. The number of aliphatic hydroxyl groups is 1. The summed E-state index contributed by atoms with van der Waals surface area (Å²) in [5.41, 5.74) is 0. The first-order valence-electron chi connectivity index (χ1n) is 7.75. The van der Waals surface area contributed by atoms with E-state index in [0.29, 0.717) is 6.42 Å². The molecule has 22 heavy (non-hydrogen) atoms. The summed E-state index contributed by atoms with van der Waals surface area (Å²) < 4.78 is 14.3. The zero-order chi connectivity index (χ0) is 15.7. The molecule has 0 unspecified atom stereocenters. The summed E-state index contributed by atoms with van der Waals surface area (Å²) in [6, 6.07) is 0. The molecule has 0 atom stereocenters. The molecular weight excluding hydrogens is 325 g/mol. The molecule has 1 N–H and O–H groups in total. The van der Waals surface area contributed by atoms with Crippen molar-refractivity contribution in [1.29, 1.82) is 0 Å². The van der Waals surface area contributed by atoms with Crippen molar-refractivity contribution >= 4 is 7.82 Å². The SMILES string of the molecule is CCCCCCCCCCCCOP(=O)([O-])[O-].CCO.[Na+].[Na+].